The molecule has 0 unspecified atom stereocenters. The molecular formula is C14H14N2O2. The van der Waals surface area contributed by atoms with Crippen LogP contribution in [0.5, 0.6) is 0 Å². The van der Waals surface area contributed by atoms with E-state index in [9.17, 15) is 9.59 Å². The van der Waals surface area contributed by atoms with E-state index >= 15 is 0 Å². The zero-order valence-electron chi connectivity index (χ0n) is 10.2. The summed E-state index contributed by atoms with van der Waals surface area (Å²) in [6, 6.07) is 7.43. The van der Waals surface area contributed by atoms with Crippen molar-refractivity contribution >= 4 is 16.7 Å². The van der Waals surface area contributed by atoms with Gasteiger partial charge in [0.05, 0.1) is 0 Å². The highest BCUT2D eigenvalue weighted by Gasteiger charge is 2.22. The van der Waals surface area contributed by atoms with E-state index in [1.807, 2.05) is 25.1 Å². The number of pyridine rings is 1. The van der Waals surface area contributed by atoms with Crippen LogP contribution in [0.3, 0.4) is 0 Å². The Morgan fingerprint density at radius 2 is 2.06 bits per heavy atom. The number of amides is 1. The van der Waals surface area contributed by atoms with E-state index in [0.29, 0.717) is 11.1 Å². The molecule has 1 fully saturated rings. The third-order valence-electron chi connectivity index (χ3n) is 3.38. The highest BCUT2D eigenvalue weighted by Crippen LogP contribution is 2.15. The molecule has 2 heterocycles. The molecule has 18 heavy (non-hydrogen) atoms. The van der Waals surface area contributed by atoms with Crippen molar-refractivity contribution in [3.8, 4) is 0 Å². The third kappa shape index (κ3) is 1.70. The normalized spacial score (nSPS) is 14.6. The van der Waals surface area contributed by atoms with Crippen molar-refractivity contribution in [2.75, 3.05) is 13.1 Å². The second-order valence-electron chi connectivity index (χ2n) is 4.75. The maximum atomic E-state index is 12.0. The van der Waals surface area contributed by atoms with Gasteiger partial charge in [-0.15, -0.1) is 0 Å². The predicted octanol–water partition coefficient (Wildman–Crippen LogP) is 1.68. The molecule has 1 saturated heterocycles. The van der Waals surface area contributed by atoms with Crippen LogP contribution in [0.1, 0.15) is 22.5 Å². The number of aromatic nitrogens is 1. The van der Waals surface area contributed by atoms with Crippen LogP contribution in [0.25, 0.3) is 10.8 Å². The quantitative estimate of drug-likeness (QED) is 0.827. The molecular weight excluding hydrogens is 228 g/mol. The molecule has 2 aromatic rings. The van der Waals surface area contributed by atoms with Gasteiger partial charge in [-0.3, -0.25) is 9.59 Å². The van der Waals surface area contributed by atoms with E-state index in [1.165, 1.54) is 0 Å². The van der Waals surface area contributed by atoms with E-state index in [2.05, 4.69) is 4.98 Å². The van der Waals surface area contributed by atoms with E-state index < -0.39 is 0 Å². The number of fused-ring (bicyclic) bond motifs is 1. The molecule has 0 radical (unpaired) electrons. The summed E-state index contributed by atoms with van der Waals surface area (Å²) in [4.78, 5) is 28.4. The molecule has 1 N–H and O–H groups in total. The third-order valence-corrected chi connectivity index (χ3v) is 3.38. The van der Waals surface area contributed by atoms with Gasteiger partial charge in [0, 0.05) is 18.5 Å². The number of nitrogens with one attached hydrogen (secondary N) is 1. The van der Waals surface area contributed by atoms with E-state index in [4.69, 9.17) is 0 Å². The van der Waals surface area contributed by atoms with Crippen LogP contribution in [-0.2, 0) is 0 Å². The van der Waals surface area contributed by atoms with Gasteiger partial charge in [-0.2, -0.15) is 0 Å². The van der Waals surface area contributed by atoms with Gasteiger partial charge in [0.15, 0.2) is 0 Å². The smallest absolute Gasteiger partial charge is 0.270 e. The standard InChI is InChI=1S/C14H14N2O2/c1-9-3-4-10-8-12(14(18)16-5-2-6-16)15-13(17)11(10)7-9/h3-4,7-8H,2,5-6H2,1H3,(H,15,17). The van der Waals surface area contributed by atoms with Gasteiger partial charge < -0.3 is 9.88 Å². The Morgan fingerprint density at radius 3 is 2.72 bits per heavy atom. The first-order valence-corrected chi connectivity index (χ1v) is 6.08. The Kier molecular flexibility index (Phi) is 2.44. The molecule has 0 spiro atoms. The molecule has 4 heteroatoms. The lowest BCUT2D eigenvalue weighted by molar-refractivity contribution is 0.0645. The minimum Gasteiger partial charge on any atom is -0.337 e. The molecule has 1 aliphatic rings. The van der Waals surface area contributed by atoms with Crippen LogP contribution >= 0.6 is 0 Å². The highest BCUT2D eigenvalue weighted by molar-refractivity contribution is 5.96. The number of H-pyrrole nitrogens is 1. The van der Waals surface area contributed by atoms with Crippen LogP contribution in [0.2, 0.25) is 0 Å². The van der Waals surface area contributed by atoms with Crippen molar-refractivity contribution in [3.05, 3.63) is 45.9 Å². The lowest BCUT2D eigenvalue weighted by Crippen LogP contribution is -2.42. The maximum absolute atomic E-state index is 12.0. The Labute approximate surface area is 104 Å². The average Bonchev–Trinajstić information content (AvgIpc) is 2.27. The summed E-state index contributed by atoms with van der Waals surface area (Å²) < 4.78 is 0. The summed E-state index contributed by atoms with van der Waals surface area (Å²) in [6.45, 7) is 3.51. The summed E-state index contributed by atoms with van der Waals surface area (Å²) in [5.74, 6) is -0.0826. The SMILES string of the molecule is Cc1ccc2cc(C(=O)N3CCC3)[nH]c(=O)c2c1. The zero-order valence-corrected chi connectivity index (χ0v) is 10.2. The summed E-state index contributed by atoms with van der Waals surface area (Å²) in [5, 5.41) is 1.45. The number of carbonyl (C=O) groups is 1. The number of likely N-dealkylation sites (tertiary alicyclic amines) is 1. The summed E-state index contributed by atoms with van der Waals surface area (Å²) in [5.41, 5.74) is 1.23. The summed E-state index contributed by atoms with van der Waals surface area (Å²) >= 11 is 0. The van der Waals surface area contributed by atoms with Crippen LogP contribution in [0.15, 0.2) is 29.1 Å². The number of hydrogen-bond donors (Lipinski definition) is 1. The van der Waals surface area contributed by atoms with Crippen LogP contribution in [-0.4, -0.2) is 28.9 Å². The molecule has 0 bridgehead atoms. The fraction of sp³-hybridized carbons (Fsp3) is 0.286. The molecule has 4 nitrogen and oxygen atoms in total. The largest absolute Gasteiger partial charge is 0.337 e. The van der Waals surface area contributed by atoms with Crippen molar-refractivity contribution in [1.82, 2.24) is 9.88 Å². The predicted molar refractivity (Wildman–Crippen MR) is 69.8 cm³/mol. The number of carbonyl (C=O) groups excluding carboxylic acids is 1. The van der Waals surface area contributed by atoms with Gasteiger partial charge in [0.25, 0.3) is 11.5 Å². The first kappa shape index (κ1) is 11.0. The topological polar surface area (TPSA) is 53.2 Å². The molecule has 1 aliphatic heterocycles. The number of rotatable bonds is 1. The van der Waals surface area contributed by atoms with Crippen molar-refractivity contribution in [2.24, 2.45) is 0 Å². The first-order chi connectivity index (χ1) is 8.65. The molecule has 1 aromatic carbocycles. The molecule has 1 amide bonds. The number of aryl methyl sites for hydroxylation is 1. The van der Waals surface area contributed by atoms with Crippen LogP contribution < -0.4 is 5.56 Å². The number of aromatic amines is 1. The van der Waals surface area contributed by atoms with Crippen molar-refractivity contribution < 1.29 is 4.79 Å². The lowest BCUT2D eigenvalue weighted by Gasteiger charge is -2.30. The van der Waals surface area contributed by atoms with Gasteiger partial charge in [0.1, 0.15) is 5.69 Å². The lowest BCUT2D eigenvalue weighted by atomic mass is 10.1. The average molecular weight is 242 g/mol. The minimum absolute atomic E-state index is 0.0826. The number of nitrogens with zero attached hydrogens (tertiary/aromatic N) is 1. The Hall–Kier alpha value is -2.10. The minimum atomic E-state index is -0.194. The summed E-state index contributed by atoms with van der Waals surface area (Å²) in [6.07, 6.45) is 1.04. The van der Waals surface area contributed by atoms with Gasteiger partial charge in [-0.25, -0.2) is 0 Å². The molecule has 0 atom stereocenters. The van der Waals surface area contributed by atoms with E-state index in [1.54, 1.807) is 11.0 Å². The fourth-order valence-electron chi connectivity index (χ4n) is 2.18. The second-order valence-corrected chi connectivity index (χ2v) is 4.75. The maximum Gasteiger partial charge on any atom is 0.270 e. The van der Waals surface area contributed by atoms with Crippen molar-refractivity contribution in [2.45, 2.75) is 13.3 Å². The Morgan fingerprint density at radius 1 is 1.28 bits per heavy atom. The summed E-state index contributed by atoms with van der Waals surface area (Å²) in [7, 11) is 0. The van der Waals surface area contributed by atoms with Gasteiger partial charge in [-0.05, 0) is 30.9 Å². The molecule has 1 aromatic heterocycles. The highest BCUT2D eigenvalue weighted by atomic mass is 16.2. The van der Waals surface area contributed by atoms with E-state index in [-0.39, 0.29) is 11.5 Å². The van der Waals surface area contributed by atoms with Crippen LogP contribution in [0.4, 0.5) is 0 Å². The monoisotopic (exact) mass is 242 g/mol. The van der Waals surface area contributed by atoms with Gasteiger partial charge in [-0.1, -0.05) is 17.7 Å². The van der Waals surface area contributed by atoms with Crippen LogP contribution in [0, 0.1) is 6.92 Å². The molecule has 92 valence electrons. The molecule has 0 aliphatic carbocycles. The fourth-order valence-corrected chi connectivity index (χ4v) is 2.18. The van der Waals surface area contributed by atoms with Crippen molar-refractivity contribution in [3.63, 3.8) is 0 Å². The molecule has 0 saturated carbocycles. The van der Waals surface area contributed by atoms with Crippen molar-refractivity contribution in [1.29, 1.82) is 0 Å². The Bertz CT molecular complexity index is 684. The number of hydrogen-bond acceptors (Lipinski definition) is 2. The first-order valence-electron chi connectivity index (χ1n) is 6.08. The Balaban J connectivity index is 2.12. The van der Waals surface area contributed by atoms with E-state index in [0.717, 1.165) is 30.5 Å². The second kappa shape index (κ2) is 3.98. The van der Waals surface area contributed by atoms with Gasteiger partial charge >= 0.3 is 0 Å². The molecule has 3 rings (SSSR count). The number of benzene rings is 1. The van der Waals surface area contributed by atoms with Gasteiger partial charge in [0.2, 0.25) is 0 Å². The zero-order chi connectivity index (χ0) is 12.7.